The third-order valence-electron chi connectivity index (χ3n) is 5.77. The molecular formula is C26H30FN3O3. The molecule has 0 atom stereocenters. The number of hydrogen-bond acceptors (Lipinski definition) is 4. The number of ether oxygens (including phenoxy) is 2. The van der Waals surface area contributed by atoms with Crippen LogP contribution in [0, 0.1) is 5.82 Å². The lowest BCUT2D eigenvalue weighted by Gasteiger charge is -2.41. The molecule has 33 heavy (non-hydrogen) atoms. The van der Waals surface area contributed by atoms with Gasteiger partial charge in [0.1, 0.15) is 22.8 Å². The average molecular weight is 452 g/mol. The first-order chi connectivity index (χ1) is 15.5. The highest BCUT2D eigenvalue weighted by atomic mass is 19.1. The highest BCUT2D eigenvalue weighted by Crippen LogP contribution is 2.38. The number of aromatic nitrogens is 2. The first kappa shape index (κ1) is 22.8. The number of rotatable bonds is 3. The van der Waals surface area contributed by atoms with Gasteiger partial charge in [0.15, 0.2) is 0 Å². The molecule has 1 N–H and O–H groups in total. The maximum absolute atomic E-state index is 14.0. The molecule has 0 saturated carbocycles. The third-order valence-corrected chi connectivity index (χ3v) is 5.77. The van der Waals surface area contributed by atoms with Gasteiger partial charge >= 0.3 is 6.09 Å². The second kappa shape index (κ2) is 8.21. The van der Waals surface area contributed by atoms with Crippen LogP contribution in [0.3, 0.4) is 0 Å². The number of pyridine rings is 1. The normalized spacial score (nSPS) is 16.0. The zero-order valence-electron chi connectivity index (χ0n) is 20.0. The van der Waals surface area contributed by atoms with Crippen LogP contribution in [-0.2, 0) is 4.74 Å². The molecule has 1 amide bonds. The van der Waals surface area contributed by atoms with E-state index in [0.29, 0.717) is 29.9 Å². The summed E-state index contributed by atoms with van der Waals surface area (Å²) in [5.41, 5.74) is 3.17. The maximum atomic E-state index is 14.0. The molecule has 0 unspecified atom stereocenters. The first-order valence-corrected chi connectivity index (χ1v) is 11.0. The number of nitrogens with zero attached hydrogens (tertiary/aromatic N) is 2. The Kier molecular flexibility index (Phi) is 5.68. The van der Waals surface area contributed by atoms with E-state index in [0.717, 1.165) is 22.2 Å². The summed E-state index contributed by atoms with van der Waals surface area (Å²) in [6, 6.07) is 8.38. The van der Waals surface area contributed by atoms with Gasteiger partial charge < -0.3 is 14.5 Å². The zero-order chi connectivity index (χ0) is 24.0. The van der Waals surface area contributed by atoms with Crippen molar-refractivity contribution < 1.29 is 18.7 Å². The number of nitrogens with one attached hydrogen (secondary N) is 1. The Labute approximate surface area is 193 Å². The number of methoxy groups -OCH3 is 1. The Morgan fingerprint density at radius 2 is 1.94 bits per heavy atom. The monoisotopic (exact) mass is 451 g/mol. The van der Waals surface area contributed by atoms with Gasteiger partial charge in [-0.05, 0) is 82.5 Å². The topological polar surface area (TPSA) is 67.5 Å². The van der Waals surface area contributed by atoms with Crippen LogP contribution in [0.2, 0.25) is 0 Å². The van der Waals surface area contributed by atoms with Gasteiger partial charge in [-0.15, -0.1) is 0 Å². The molecule has 0 aliphatic carbocycles. The minimum atomic E-state index is -0.547. The van der Waals surface area contributed by atoms with E-state index >= 15 is 0 Å². The fourth-order valence-corrected chi connectivity index (χ4v) is 4.28. The molecule has 2 aromatic heterocycles. The van der Waals surface area contributed by atoms with Crippen molar-refractivity contribution in [3.63, 3.8) is 0 Å². The summed E-state index contributed by atoms with van der Waals surface area (Å²) in [5.74, 6) is 0.267. The molecule has 0 saturated heterocycles. The van der Waals surface area contributed by atoms with Crippen LogP contribution in [0.25, 0.3) is 27.7 Å². The van der Waals surface area contributed by atoms with Crippen molar-refractivity contribution in [2.45, 2.75) is 52.2 Å². The van der Waals surface area contributed by atoms with Gasteiger partial charge in [-0.25, -0.2) is 14.2 Å². The smallest absolute Gasteiger partial charge is 0.410 e. The number of hydrogen-bond donors (Lipinski definition) is 1. The predicted molar refractivity (Wildman–Crippen MR) is 128 cm³/mol. The maximum Gasteiger partial charge on any atom is 0.410 e. The molecule has 3 aromatic rings. The van der Waals surface area contributed by atoms with Crippen LogP contribution < -0.4 is 4.74 Å². The van der Waals surface area contributed by atoms with Crippen molar-refractivity contribution in [3.8, 4) is 16.9 Å². The molecule has 6 nitrogen and oxygen atoms in total. The van der Waals surface area contributed by atoms with E-state index in [2.05, 4.69) is 16.0 Å². The number of benzene rings is 1. The van der Waals surface area contributed by atoms with Gasteiger partial charge in [-0.3, -0.25) is 4.90 Å². The fraction of sp³-hybridized carbons (Fsp3) is 0.385. The largest absolute Gasteiger partial charge is 0.496 e. The lowest BCUT2D eigenvalue weighted by Crippen LogP contribution is -2.50. The van der Waals surface area contributed by atoms with Gasteiger partial charge in [0, 0.05) is 29.4 Å². The molecule has 1 aromatic carbocycles. The molecule has 0 radical (unpaired) electrons. The van der Waals surface area contributed by atoms with Gasteiger partial charge in [0.25, 0.3) is 0 Å². The lowest BCUT2D eigenvalue weighted by molar-refractivity contribution is 0.00992. The van der Waals surface area contributed by atoms with Crippen LogP contribution in [-0.4, -0.2) is 45.8 Å². The lowest BCUT2D eigenvalue weighted by atomic mass is 9.91. The minimum Gasteiger partial charge on any atom is -0.496 e. The van der Waals surface area contributed by atoms with Crippen molar-refractivity contribution >= 4 is 22.7 Å². The summed E-state index contributed by atoms with van der Waals surface area (Å²) in [6.07, 6.45) is 4.15. The molecule has 0 fully saturated rings. The van der Waals surface area contributed by atoms with Crippen LogP contribution in [0.1, 0.15) is 46.7 Å². The minimum absolute atomic E-state index is 0.318. The van der Waals surface area contributed by atoms with Crippen LogP contribution >= 0.6 is 0 Å². The molecule has 0 bridgehead atoms. The van der Waals surface area contributed by atoms with Crippen molar-refractivity contribution in [1.29, 1.82) is 0 Å². The van der Waals surface area contributed by atoms with Gasteiger partial charge in [-0.1, -0.05) is 6.08 Å². The zero-order valence-corrected chi connectivity index (χ0v) is 20.0. The van der Waals surface area contributed by atoms with E-state index in [4.69, 9.17) is 9.47 Å². The third kappa shape index (κ3) is 4.58. The van der Waals surface area contributed by atoms with Gasteiger partial charge in [-0.2, -0.15) is 0 Å². The SMILES string of the molecule is COc1ccc(F)cc1-c1ccnc2[nH]c(C3=CC(C)(C)N(C(=O)OC(C)(C)C)CC3)cc12. The number of carbonyl (C=O) groups is 1. The van der Waals surface area contributed by atoms with E-state index in [9.17, 15) is 9.18 Å². The number of fused-ring (bicyclic) bond motifs is 1. The van der Waals surface area contributed by atoms with E-state index in [1.54, 1.807) is 24.3 Å². The molecular weight excluding hydrogens is 421 g/mol. The quantitative estimate of drug-likeness (QED) is 0.516. The highest BCUT2D eigenvalue weighted by molar-refractivity contribution is 5.97. The standard InChI is InChI=1S/C26H30FN3O3/c1-25(2,3)33-24(31)30-12-10-16(15-26(30,4)5)21-14-20-18(9-11-28-23(20)29-21)19-13-17(27)7-8-22(19)32-6/h7-9,11,13-15H,10,12H2,1-6H3,(H,28,29). The molecule has 0 spiro atoms. The van der Waals surface area contributed by atoms with Gasteiger partial charge in [0.05, 0.1) is 12.6 Å². The molecule has 174 valence electrons. The average Bonchev–Trinajstić information content (AvgIpc) is 3.16. The number of H-pyrrole nitrogens is 1. The van der Waals surface area contributed by atoms with Crippen molar-refractivity contribution in [3.05, 3.63) is 54.1 Å². The molecule has 1 aliphatic heterocycles. The Balaban J connectivity index is 1.72. The second-order valence-electron chi connectivity index (χ2n) is 9.85. The summed E-state index contributed by atoms with van der Waals surface area (Å²) in [4.78, 5) is 22.4. The summed E-state index contributed by atoms with van der Waals surface area (Å²) >= 11 is 0. The molecule has 3 heterocycles. The Morgan fingerprint density at radius 1 is 1.18 bits per heavy atom. The highest BCUT2D eigenvalue weighted by Gasteiger charge is 2.36. The molecule has 1 aliphatic rings. The van der Waals surface area contributed by atoms with Gasteiger partial charge in [0.2, 0.25) is 0 Å². The summed E-state index contributed by atoms with van der Waals surface area (Å²) in [5, 5.41) is 0.879. The number of amides is 1. The van der Waals surface area contributed by atoms with E-state index in [-0.39, 0.29) is 11.9 Å². The second-order valence-corrected chi connectivity index (χ2v) is 9.85. The summed E-state index contributed by atoms with van der Waals surface area (Å²) in [7, 11) is 1.57. The van der Waals surface area contributed by atoms with Crippen molar-refractivity contribution in [2.24, 2.45) is 0 Å². The van der Waals surface area contributed by atoms with Crippen LogP contribution in [0.15, 0.2) is 42.6 Å². The first-order valence-electron chi connectivity index (χ1n) is 11.0. The predicted octanol–water partition coefficient (Wildman–Crippen LogP) is 6.18. The van der Waals surface area contributed by atoms with Crippen LogP contribution in [0.5, 0.6) is 5.75 Å². The Morgan fingerprint density at radius 3 is 2.61 bits per heavy atom. The van der Waals surface area contributed by atoms with E-state index in [1.165, 1.54) is 12.1 Å². The van der Waals surface area contributed by atoms with E-state index in [1.807, 2.05) is 46.8 Å². The Hall–Kier alpha value is -3.35. The molecule has 7 heteroatoms. The van der Waals surface area contributed by atoms with Crippen molar-refractivity contribution in [2.75, 3.05) is 13.7 Å². The summed E-state index contributed by atoms with van der Waals surface area (Å²) < 4.78 is 25.1. The fourth-order valence-electron chi connectivity index (χ4n) is 4.28. The van der Waals surface area contributed by atoms with Crippen LogP contribution in [0.4, 0.5) is 9.18 Å². The summed E-state index contributed by atoms with van der Waals surface area (Å²) in [6.45, 7) is 10.1. The molecule has 4 rings (SSSR count). The van der Waals surface area contributed by atoms with Crippen molar-refractivity contribution in [1.82, 2.24) is 14.9 Å². The van der Waals surface area contributed by atoms with E-state index < -0.39 is 11.1 Å². The Bertz CT molecular complexity index is 1240. The number of halogens is 1. The number of carbonyl (C=O) groups excluding carboxylic acids is 1. The number of aromatic amines is 1.